The van der Waals surface area contributed by atoms with E-state index < -0.39 is 11.8 Å². The highest BCUT2D eigenvalue weighted by Crippen LogP contribution is 2.54. The molecule has 0 radical (unpaired) electrons. The van der Waals surface area contributed by atoms with E-state index in [-0.39, 0.29) is 19.0 Å². The summed E-state index contributed by atoms with van der Waals surface area (Å²) in [5.74, 6) is -1.46. The fourth-order valence-electron chi connectivity index (χ4n) is 6.34. The number of fused-ring (bicyclic) bond motifs is 8. The highest BCUT2D eigenvalue weighted by atomic mass is 19.3. The van der Waals surface area contributed by atoms with Crippen LogP contribution >= 0.6 is 0 Å². The molecule has 3 aliphatic carbocycles. The Morgan fingerprint density at radius 1 is 1.16 bits per heavy atom. The third-order valence-corrected chi connectivity index (χ3v) is 8.16. The standard InChI is InChI=1S/C26H30F2N4/c1-15-22-13-23-16-6-7-17(10-16)24(23)31-25(22)30-20-8-9-26(27,28)18(11-20)14-32(15)21-5-3-4-19(12-21)29-2/h3-5,12-13,16-18,20,29H,1,6-11,14H2,2H3,(H,30,31). The third kappa shape index (κ3) is 3.10. The molecule has 168 valence electrons. The predicted octanol–water partition coefficient (Wildman–Crippen LogP) is 6.19. The minimum absolute atomic E-state index is 0.0129. The predicted molar refractivity (Wildman–Crippen MR) is 126 cm³/mol. The average molecular weight is 437 g/mol. The fraction of sp³-hybridized carbons (Fsp3) is 0.500. The van der Waals surface area contributed by atoms with E-state index in [2.05, 4.69) is 23.3 Å². The van der Waals surface area contributed by atoms with Crippen molar-refractivity contribution < 1.29 is 8.78 Å². The zero-order chi connectivity index (χ0) is 22.0. The minimum Gasteiger partial charge on any atom is -0.388 e. The van der Waals surface area contributed by atoms with Crippen LogP contribution < -0.4 is 15.5 Å². The van der Waals surface area contributed by atoms with E-state index in [1.54, 1.807) is 0 Å². The van der Waals surface area contributed by atoms with Gasteiger partial charge in [-0.3, -0.25) is 0 Å². The monoisotopic (exact) mass is 436 g/mol. The Labute approximate surface area is 188 Å². The van der Waals surface area contributed by atoms with Gasteiger partial charge in [0.1, 0.15) is 5.82 Å². The molecule has 2 fully saturated rings. The molecule has 4 nitrogen and oxygen atoms in total. The van der Waals surface area contributed by atoms with Crippen molar-refractivity contribution in [3.05, 3.63) is 53.7 Å². The molecule has 2 saturated carbocycles. The summed E-state index contributed by atoms with van der Waals surface area (Å²) < 4.78 is 30.0. The first-order valence-electron chi connectivity index (χ1n) is 11.9. The van der Waals surface area contributed by atoms with E-state index in [1.165, 1.54) is 30.5 Å². The summed E-state index contributed by atoms with van der Waals surface area (Å²) in [5.41, 5.74) is 6.12. The maximum absolute atomic E-state index is 15.0. The lowest BCUT2D eigenvalue weighted by Gasteiger charge is -2.38. The number of nitrogens with one attached hydrogen (secondary N) is 2. The number of rotatable bonds is 2. The molecule has 4 atom stereocenters. The van der Waals surface area contributed by atoms with Crippen LogP contribution in [0.3, 0.4) is 0 Å². The van der Waals surface area contributed by atoms with Crippen molar-refractivity contribution in [2.75, 3.05) is 29.1 Å². The van der Waals surface area contributed by atoms with Gasteiger partial charge in [0.2, 0.25) is 0 Å². The van der Waals surface area contributed by atoms with E-state index in [9.17, 15) is 0 Å². The zero-order valence-corrected chi connectivity index (χ0v) is 18.5. The van der Waals surface area contributed by atoms with Crippen LogP contribution in [0.1, 0.15) is 67.2 Å². The summed E-state index contributed by atoms with van der Waals surface area (Å²) in [4.78, 5) is 7.11. The Balaban J connectivity index is 1.49. The van der Waals surface area contributed by atoms with E-state index in [0.29, 0.717) is 24.7 Å². The number of pyridine rings is 1. The number of halogens is 2. The van der Waals surface area contributed by atoms with Crippen LogP contribution in [0.4, 0.5) is 26.0 Å². The summed E-state index contributed by atoms with van der Waals surface area (Å²) >= 11 is 0. The molecule has 4 bridgehead atoms. The van der Waals surface area contributed by atoms with Crippen molar-refractivity contribution in [2.24, 2.45) is 5.92 Å². The van der Waals surface area contributed by atoms with Gasteiger partial charge in [-0.15, -0.1) is 0 Å². The number of nitrogens with zero attached hydrogens (tertiary/aromatic N) is 2. The first-order chi connectivity index (χ1) is 15.4. The van der Waals surface area contributed by atoms with E-state index in [0.717, 1.165) is 28.5 Å². The smallest absolute Gasteiger partial charge is 0.252 e. The van der Waals surface area contributed by atoms with Gasteiger partial charge in [-0.2, -0.15) is 0 Å². The molecular formula is C26H30F2N4. The normalized spacial score (nSPS) is 30.0. The maximum atomic E-state index is 15.0. The molecule has 0 amide bonds. The molecule has 1 aliphatic heterocycles. The van der Waals surface area contributed by atoms with Gasteiger partial charge in [0, 0.05) is 66.2 Å². The van der Waals surface area contributed by atoms with Crippen molar-refractivity contribution in [3.63, 3.8) is 0 Å². The van der Waals surface area contributed by atoms with Gasteiger partial charge in [-0.05, 0) is 67.9 Å². The van der Waals surface area contributed by atoms with Crippen LogP contribution in [0.25, 0.3) is 5.70 Å². The molecule has 1 aromatic heterocycles. The maximum Gasteiger partial charge on any atom is 0.252 e. The molecule has 1 aromatic carbocycles. The van der Waals surface area contributed by atoms with Gasteiger partial charge < -0.3 is 15.5 Å². The Morgan fingerprint density at radius 3 is 2.84 bits per heavy atom. The molecule has 6 rings (SSSR count). The van der Waals surface area contributed by atoms with Gasteiger partial charge in [-0.25, -0.2) is 13.8 Å². The second-order valence-electron chi connectivity index (χ2n) is 10.00. The molecule has 2 aromatic rings. The second-order valence-corrected chi connectivity index (χ2v) is 10.00. The minimum atomic E-state index is -2.68. The highest BCUT2D eigenvalue weighted by Gasteiger charge is 2.47. The van der Waals surface area contributed by atoms with E-state index in [4.69, 9.17) is 4.98 Å². The number of benzene rings is 1. The van der Waals surface area contributed by atoms with Crippen LogP contribution in [0.2, 0.25) is 0 Å². The molecule has 4 unspecified atom stereocenters. The van der Waals surface area contributed by atoms with Crippen molar-refractivity contribution in [3.8, 4) is 0 Å². The summed E-state index contributed by atoms with van der Waals surface area (Å²) in [6, 6.07) is 10.2. The van der Waals surface area contributed by atoms with Crippen molar-refractivity contribution in [2.45, 2.75) is 62.3 Å². The number of hydrogen-bond acceptors (Lipinski definition) is 4. The van der Waals surface area contributed by atoms with Gasteiger partial charge >= 0.3 is 0 Å². The van der Waals surface area contributed by atoms with Crippen LogP contribution in [0.5, 0.6) is 0 Å². The molecule has 4 aliphatic rings. The lowest BCUT2D eigenvalue weighted by molar-refractivity contribution is -0.0838. The van der Waals surface area contributed by atoms with Crippen molar-refractivity contribution in [1.29, 1.82) is 0 Å². The van der Waals surface area contributed by atoms with Gasteiger partial charge in [0.05, 0.1) is 0 Å². The highest BCUT2D eigenvalue weighted by molar-refractivity contribution is 5.84. The van der Waals surface area contributed by atoms with Crippen LogP contribution in [-0.4, -0.2) is 30.5 Å². The van der Waals surface area contributed by atoms with Gasteiger partial charge in [0.25, 0.3) is 5.92 Å². The Bertz CT molecular complexity index is 1080. The summed E-state index contributed by atoms with van der Waals surface area (Å²) in [6.45, 7) is 4.69. The quantitative estimate of drug-likeness (QED) is 0.588. The molecular weight excluding hydrogens is 406 g/mol. The Hall–Kier alpha value is -2.63. The molecule has 2 N–H and O–H groups in total. The summed E-state index contributed by atoms with van der Waals surface area (Å²) in [5, 5.41) is 6.74. The first-order valence-corrected chi connectivity index (χ1v) is 11.9. The van der Waals surface area contributed by atoms with Crippen LogP contribution in [0.15, 0.2) is 36.9 Å². The van der Waals surface area contributed by atoms with Gasteiger partial charge in [-0.1, -0.05) is 12.6 Å². The lowest BCUT2D eigenvalue weighted by Crippen LogP contribution is -2.44. The van der Waals surface area contributed by atoms with Crippen molar-refractivity contribution in [1.82, 2.24) is 4.98 Å². The number of alkyl halides is 2. The molecule has 32 heavy (non-hydrogen) atoms. The van der Waals surface area contributed by atoms with E-state index >= 15 is 8.78 Å². The molecule has 0 saturated heterocycles. The molecule has 2 heterocycles. The van der Waals surface area contributed by atoms with Crippen LogP contribution in [-0.2, 0) is 0 Å². The Morgan fingerprint density at radius 2 is 2.00 bits per heavy atom. The average Bonchev–Trinajstić information content (AvgIpc) is 3.41. The summed E-state index contributed by atoms with van der Waals surface area (Å²) in [7, 11) is 1.87. The fourth-order valence-corrected chi connectivity index (χ4v) is 6.34. The molecule has 6 heteroatoms. The third-order valence-electron chi connectivity index (χ3n) is 8.16. The Kier molecular flexibility index (Phi) is 4.50. The summed E-state index contributed by atoms with van der Waals surface area (Å²) in [6.07, 6.45) is 4.46. The lowest BCUT2D eigenvalue weighted by atomic mass is 9.82. The number of aromatic nitrogens is 1. The zero-order valence-electron chi connectivity index (χ0n) is 18.5. The van der Waals surface area contributed by atoms with E-state index in [1.807, 2.05) is 36.2 Å². The largest absolute Gasteiger partial charge is 0.388 e. The second kappa shape index (κ2) is 7.19. The number of anilines is 3. The number of hydrogen-bond donors (Lipinski definition) is 2. The van der Waals surface area contributed by atoms with Gasteiger partial charge in [0.15, 0.2) is 0 Å². The van der Waals surface area contributed by atoms with Crippen molar-refractivity contribution >= 4 is 22.9 Å². The van der Waals surface area contributed by atoms with Crippen LogP contribution in [0, 0.1) is 5.92 Å². The topological polar surface area (TPSA) is 40.2 Å². The molecule has 0 spiro atoms. The SMILES string of the molecule is C=C1c2cc3c(nc2NC2CCC(F)(F)C(C2)CN1c1cccc(NC)c1)C1CCC3C1. The first kappa shape index (κ1) is 20.0.